The number of anilines is 1. The maximum Gasteiger partial charge on any atom is 0.249 e. The Hall–Kier alpha value is -3.50. The van der Waals surface area contributed by atoms with Crippen molar-refractivity contribution in [1.29, 1.82) is 5.26 Å². The molecule has 1 heterocycles. The van der Waals surface area contributed by atoms with E-state index in [1.165, 1.54) is 17.8 Å². The average molecular weight is 390 g/mol. The molecule has 0 aliphatic carbocycles. The zero-order valence-electron chi connectivity index (χ0n) is 15.2. The molecule has 1 amide bonds. The quantitative estimate of drug-likeness (QED) is 0.465. The number of carbonyl (C=O) groups excluding carboxylic acids is 1. The number of aromatic nitrogens is 2. The number of carbonyl (C=O) groups is 1. The van der Waals surface area contributed by atoms with Gasteiger partial charge in [-0.2, -0.15) is 10.4 Å². The number of methoxy groups -OCH3 is 1. The lowest BCUT2D eigenvalue weighted by atomic mass is 10.2. The minimum atomic E-state index is -0.351. The fraction of sp³-hybridized carbons (Fsp3) is 0.0952. The van der Waals surface area contributed by atoms with E-state index in [1.807, 2.05) is 54.6 Å². The molecular weight excluding hydrogens is 372 g/mol. The highest BCUT2D eigenvalue weighted by atomic mass is 32.2. The van der Waals surface area contributed by atoms with Crippen LogP contribution >= 0.6 is 11.8 Å². The van der Waals surface area contributed by atoms with Gasteiger partial charge >= 0.3 is 0 Å². The van der Waals surface area contributed by atoms with E-state index < -0.39 is 0 Å². The maximum absolute atomic E-state index is 12.2. The van der Waals surface area contributed by atoms with Crippen molar-refractivity contribution in [3.63, 3.8) is 0 Å². The second kappa shape index (κ2) is 9.44. The monoisotopic (exact) mass is 390 g/mol. The molecular formula is C21H18N4O2S. The molecule has 0 saturated carbocycles. The first-order valence-electron chi connectivity index (χ1n) is 8.48. The van der Waals surface area contributed by atoms with Gasteiger partial charge in [-0.05, 0) is 29.3 Å². The topological polar surface area (TPSA) is 90.8 Å². The molecule has 28 heavy (non-hydrogen) atoms. The van der Waals surface area contributed by atoms with Crippen LogP contribution in [0.3, 0.4) is 0 Å². The van der Waals surface area contributed by atoms with Crippen molar-refractivity contribution in [3.8, 4) is 11.8 Å². The summed E-state index contributed by atoms with van der Waals surface area (Å²) >= 11 is 1.44. The van der Waals surface area contributed by atoms with Gasteiger partial charge in [-0.25, -0.2) is 0 Å². The Bertz CT molecular complexity index is 1010. The van der Waals surface area contributed by atoms with Crippen LogP contribution in [0.4, 0.5) is 5.82 Å². The van der Waals surface area contributed by atoms with E-state index in [9.17, 15) is 10.1 Å². The molecule has 3 rings (SSSR count). The summed E-state index contributed by atoms with van der Waals surface area (Å²) in [6.07, 6.45) is 3.09. The molecule has 0 unspecified atom stereocenters. The van der Waals surface area contributed by atoms with Crippen molar-refractivity contribution in [2.45, 2.75) is 10.8 Å². The number of nitriles is 1. The Morgan fingerprint density at radius 3 is 2.68 bits per heavy atom. The molecule has 3 aromatic rings. The molecule has 0 fully saturated rings. The zero-order chi connectivity index (χ0) is 19.8. The van der Waals surface area contributed by atoms with E-state index in [2.05, 4.69) is 21.6 Å². The van der Waals surface area contributed by atoms with Crippen LogP contribution in [0.2, 0.25) is 0 Å². The Morgan fingerprint density at radius 2 is 2.00 bits per heavy atom. The van der Waals surface area contributed by atoms with Gasteiger partial charge in [0.05, 0.1) is 7.11 Å². The average Bonchev–Trinajstić information content (AvgIpc) is 3.13. The van der Waals surface area contributed by atoms with Crippen LogP contribution in [0.1, 0.15) is 16.7 Å². The lowest BCUT2D eigenvalue weighted by Crippen LogP contribution is -2.09. The normalized spacial score (nSPS) is 10.6. The van der Waals surface area contributed by atoms with Crippen molar-refractivity contribution in [2.24, 2.45) is 0 Å². The molecule has 140 valence electrons. The lowest BCUT2D eigenvalue weighted by Gasteiger charge is -2.01. The highest BCUT2D eigenvalue weighted by Gasteiger charge is 2.15. The summed E-state index contributed by atoms with van der Waals surface area (Å²) in [6.45, 7) is 0. The Morgan fingerprint density at radius 1 is 1.25 bits per heavy atom. The summed E-state index contributed by atoms with van der Waals surface area (Å²) < 4.78 is 5.10. The molecule has 0 aliphatic heterocycles. The van der Waals surface area contributed by atoms with Gasteiger partial charge in [0.25, 0.3) is 0 Å². The molecule has 2 N–H and O–H groups in total. The number of ether oxygens (including phenoxy) is 1. The van der Waals surface area contributed by atoms with E-state index >= 15 is 0 Å². The fourth-order valence-corrected chi connectivity index (χ4v) is 3.30. The summed E-state index contributed by atoms with van der Waals surface area (Å²) in [5, 5.41) is 19.6. The molecule has 0 saturated heterocycles. The fourth-order valence-electron chi connectivity index (χ4n) is 2.40. The van der Waals surface area contributed by atoms with Gasteiger partial charge in [0, 0.05) is 11.8 Å². The third-order valence-electron chi connectivity index (χ3n) is 3.85. The number of thioether (sulfide) groups is 1. The van der Waals surface area contributed by atoms with E-state index in [0.29, 0.717) is 22.2 Å². The van der Waals surface area contributed by atoms with Crippen LogP contribution in [0.25, 0.3) is 6.08 Å². The summed E-state index contributed by atoms with van der Waals surface area (Å²) in [5.74, 6) is 1.38. The maximum atomic E-state index is 12.2. The zero-order valence-corrected chi connectivity index (χ0v) is 16.0. The molecule has 7 heteroatoms. The summed E-state index contributed by atoms with van der Waals surface area (Å²) in [6, 6.07) is 19.3. The van der Waals surface area contributed by atoms with Gasteiger partial charge in [0.2, 0.25) is 5.91 Å². The van der Waals surface area contributed by atoms with Crippen molar-refractivity contribution < 1.29 is 9.53 Å². The Balaban J connectivity index is 1.63. The van der Waals surface area contributed by atoms with Gasteiger partial charge in [0.1, 0.15) is 28.2 Å². The van der Waals surface area contributed by atoms with Crippen LogP contribution in [-0.2, 0) is 10.5 Å². The molecule has 0 bridgehead atoms. The number of nitrogens with one attached hydrogen (secondary N) is 2. The predicted molar refractivity (Wildman–Crippen MR) is 110 cm³/mol. The van der Waals surface area contributed by atoms with Gasteiger partial charge in [-0.3, -0.25) is 9.89 Å². The molecule has 0 spiro atoms. The third-order valence-corrected chi connectivity index (χ3v) is 4.90. The molecule has 1 aromatic heterocycles. The van der Waals surface area contributed by atoms with E-state index in [1.54, 1.807) is 13.2 Å². The number of hydrogen-bond acceptors (Lipinski definition) is 5. The smallest absolute Gasteiger partial charge is 0.249 e. The summed E-state index contributed by atoms with van der Waals surface area (Å²) in [5.41, 5.74) is 2.32. The number of rotatable bonds is 7. The minimum absolute atomic E-state index is 0.294. The number of benzene rings is 2. The summed E-state index contributed by atoms with van der Waals surface area (Å²) in [7, 11) is 1.60. The number of aromatic amines is 1. The molecule has 6 nitrogen and oxygen atoms in total. The van der Waals surface area contributed by atoms with Crippen LogP contribution in [0, 0.1) is 11.3 Å². The predicted octanol–water partition coefficient (Wildman–Crippen LogP) is 4.23. The van der Waals surface area contributed by atoms with Crippen molar-refractivity contribution in [3.05, 3.63) is 77.4 Å². The van der Waals surface area contributed by atoms with E-state index in [-0.39, 0.29) is 5.91 Å². The summed E-state index contributed by atoms with van der Waals surface area (Å²) in [4.78, 5) is 12.2. The lowest BCUT2D eigenvalue weighted by molar-refractivity contribution is -0.111. The van der Waals surface area contributed by atoms with Gasteiger partial charge in [-0.1, -0.05) is 54.2 Å². The SMILES string of the molecule is COc1ccc(/C=C/C(=O)Nc2[nH]nc(SCc3ccccc3)c2C#N)cc1. The van der Waals surface area contributed by atoms with Crippen LogP contribution < -0.4 is 10.1 Å². The highest BCUT2D eigenvalue weighted by Crippen LogP contribution is 2.28. The van der Waals surface area contributed by atoms with Crippen LogP contribution in [0.5, 0.6) is 5.75 Å². The number of nitrogens with zero attached hydrogens (tertiary/aromatic N) is 2. The largest absolute Gasteiger partial charge is 0.497 e. The Kier molecular flexibility index (Phi) is 6.50. The molecule has 2 aromatic carbocycles. The van der Waals surface area contributed by atoms with Crippen LogP contribution in [-0.4, -0.2) is 23.2 Å². The first-order valence-corrected chi connectivity index (χ1v) is 9.46. The van der Waals surface area contributed by atoms with E-state index in [0.717, 1.165) is 16.9 Å². The first kappa shape index (κ1) is 19.3. The Labute approximate surface area is 167 Å². The minimum Gasteiger partial charge on any atom is -0.497 e. The number of hydrogen-bond donors (Lipinski definition) is 2. The highest BCUT2D eigenvalue weighted by molar-refractivity contribution is 7.98. The molecule has 0 atom stereocenters. The van der Waals surface area contributed by atoms with E-state index in [4.69, 9.17) is 4.74 Å². The second-order valence-corrected chi connectivity index (χ2v) is 6.72. The third kappa shape index (κ3) is 5.02. The number of amides is 1. The first-order chi connectivity index (χ1) is 13.7. The van der Waals surface area contributed by atoms with Gasteiger partial charge in [-0.15, -0.1) is 0 Å². The molecule has 0 aliphatic rings. The number of H-pyrrole nitrogens is 1. The van der Waals surface area contributed by atoms with Gasteiger partial charge in [0.15, 0.2) is 0 Å². The standard InChI is InChI=1S/C21H18N4O2S/c1-27-17-10-7-15(8-11-17)9-12-19(26)23-20-18(13-22)21(25-24-20)28-14-16-5-3-2-4-6-16/h2-12H,14H2,1H3,(H2,23,24,25,26)/b12-9+. The van der Waals surface area contributed by atoms with Crippen molar-refractivity contribution in [1.82, 2.24) is 10.2 Å². The van der Waals surface area contributed by atoms with Gasteiger partial charge < -0.3 is 10.1 Å². The van der Waals surface area contributed by atoms with Crippen molar-refractivity contribution >= 4 is 29.6 Å². The van der Waals surface area contributed by atoms with Crippen molar-refractivity contribution in [2.75, 3.05) is 12.4 Å². The second-order valence-electron chi connectivity index (χ2n) is 5.76. The van der Waals surface area contributed by atoms with Crippen LogP contribution in [0.15, 0.2) is 65.7 Å². The molecule has 0 radical (unpaired) electrons.